The average molecular weight is 334 g/mol. The zero-order valence-electron chi connectivity index (χ0n) is 13.1. The van der Waals surface area contributed by atoms with E-state index < -0.39 is 17.9 Å². The monoisotopic (exact) mass is 334 g/mol. The van der Waals surface area contributed by atoms with Crippen LogP contribution in [0.25, 0.3) is 0 Å². The van der Waals surface area contributed by atoms with E-state index in [0.717, 1.165) is 4.90 Å². The van der Waals surface area contributed by atoms with Gasteiger partial charge in [-0.3, -0.25) is 19.3 Å². The van der Waals surface area contributed by atoms with Crippen molar-refractivity contribution in [2.75, 3.05) is 24.4 Å². The number of carbonyl (C=O) groups excluding carboxylic acids is 3. The van der Waals surface area contributed by atoms with E-state index in [9.17, 15) is 14.4 Å². The molecule has 0 aromatic heterocycles. The molecule has 0 radical (unpaired) electrons. The predicted octanol–water partition coefficient (Wildman–Crippen LogP) is 1.05. The first-order chi connectivity index (χ1) is 10.9. The van der Waals surface area contributed by atoms with Crippen LogP contribution in [-0.4, -0.2) is 47.7 Å². The molecule has 0 fully saturated rings. The molecule has 0 aliphatic carbocycles. The zero-order chi connectivity index (χ0) is 17.4. The second-order valence-corrected chi connectivity index (χ2v) is 5.65. The Kier molecular flexibility index (Phi) is 7.09. The van der Waals surface area contributed by atoms with Crippen LogP contribution in [0.15, 0.2) is 24.3 Å². The molecule has 122 valence electrons. The van der Waals surface area contributed by atoms with Crippen LogP contribution < -0.4 is 10.6 Å². The molecule has 1 aromatic carbocycles. The number of hydrogen-bond acceptors (Lipinski definition) is 5. The van der Waals surface area contributed by atoms with Crippen LogP contribution in [0, 0.1) is 11.5 Å². The Hall–Kier alpha value is -2.53. The summed E-state index contributed by atoms with van der Waals surface area (Å²) in [6, 6.07) is 5.52. The van der Waals surface area contributed by atoms with E-state index in [-0.39, 0.29) is 5.91 Å². The van der Waals surface area contributed by atoms with Gasteiger partial charge in [-0.15, -0.1) is 0 Å². The lowest BCUT2D eigenvalue weighted by Crippen LogP contribution is -2.47. The van der Waals surface area contributed by atoms with E-state index >= 15 is 0 Å². The minimum atomic E-state index is -0.780. The Labute approximate surface area is 139 Å². The van der Waals surface area contributed by atoms with Crippen molar-refractivity contribution < 1.29 is 14.4 Å². The Morgan fingerprint density at radius 2 is 1.91 bits per heavy atom. The van der Waals surface area contributed by atoms with Gasteiger partial charge in [-0.05, 0) is 30.5 Å². The highest BCUT2D eigenvalue weighted by Gasteiger charge is 2.24. The number of carbonyl (C=O) groups is 3. The summed E-state index contributed by atoms with van der Waals surface area (Å²) >= 11 is 1.39. The first kappa shape index (κ1) is 18.5. The van der Waals surface area contributed by atoms with Gasteiger partial charge in [0.15, 0.2) is 6.19 Å². The van der Waals surface area contributed by atoms with Gasteiger partial charge in [-0.2, -0.15) is 17.0 Å². The van der Waals surface area contributed by atoms with Gasteiger partial charge in [0.25, 0.3) is 11.8 Å². The third-order valence-corrected chi connectivity index (χ3v) is 3.55. The Bertz CT molecular complexity index is 625. The first-order valence-electron chi connectivity index (χ1n) is 6.73. The van der Waals surface area contributed by atoms with Gasteiger partial charge in [0, 0.05) is 31.0 Å². The zero-order valence-corrected chi connectivity index (χ0v) is 13.9. The van der Waals surface area contributed by atoms with Crippen LogP contribution >= 0.6 is 11.8 Å². The standard InChI is InChI=1S/C15H18N4O3S/c1-10(20)17-12-6-4-11(5-7-12)14(21)18-13(8-23-3)15(22)19(2)9-16/h4-7,13H,8H2,1-3H3,(H,17,20)(H,18,21). The summed E-state index contributed by atoms with van der Waals surface area (Å²) in [6.07, 6.45) is 3.53. The van der Waals surface area contributed by atoms with Crippen molar-refractivity contribution >= 4 is 35.2 Å². The van der Waals surface area contributed by atoms with Crippen LogP contribution in [0.3, 0.4) is 0 Å². The molecule has 0 spiro atoms. The van der Waals surface area contributed by atoms with Gasteiger partial charge in [0.1, 0.15) is 6.04 Å². The summed E-state index contributed by atoms with van der Waals surface area (Å²) in [6.45, 7) is 1.39. The number of likely N-dealkylation sites (N-methyl/N-ethyl adjacent to an activating group) is 1. The van der Waals surface area contributed by atoms with E-state index in [4.69, 9.17) is 5.26 Å². The highest BCUT2D eigenvalue weighted by Crippen LogP contribution is 2.10. The fourth-order valence-corrected chi connectivity index (χ4v) is 2.33. The predicted molar refractivity (Wildman–Crippen MR) is 88.8 cm³/mol. The first-order valence-corrected chi connectivity index (χ1v) is 8.13. The Balaban J connectivity index is 2.80. The number of nitriles is 1. The molecule has 2 N–H and O–H groups in total. The Morgan fingerprint density at radius 1 is 1.30 bits per heavy atom. The van der Waals surface area contributed by atoms with Crippen molar-refractivity contribution in [1.29, 1.82) is 5.26 Å². The van der Waals surface area contributed by atoms with Crippen LogP contribution in [-0.2, 0) is 9.59 Å². The molecule has 0 bridgehead atoms. The molecule has 0 aliphatic heterocycles. The lowest BCUT2D eigenvalue weighted by atomic mass is 10.1. The van der Waals surface area contributed by atoms with Gasteiger partial charge in [-0.1, -0.05) is 0 Å². The fourth-order valence-electron chi connectivity index (χ4n) is 1.77. The normalized spacial score (nSPS) is 11.0. The van der Waals surface area contributed by atoms with Crippen LogP contribution in [0.1, 0.15) is 17.3 Å². The van der Waals surface area contributed by atoms with Crippen LogP contribution in [0.5, 0.6) is 0 Å². The quantitative estimate of drug-likeness (QED) is 0.598. The van der Waals surface area contributed by atoms with E-state index in [0.29, 0.717) is 17.0 Å². The molecule has 1 rings (SSSR count). The maximum Gasteiger partial charge on any atom is 0.258 e. The maximum absolute atomic E-state index is 12.2. The summed E-state index contributed by atoms with van der Waals surface area (Å²) in [5.74, 6) is -0.726. The molecule has 0 saturated heterocycles. The number of anilines is 1. The summed E-state index contributed by atoms with van der Waals surface area (Å²) in [5.41, 5.74) is 0.938. The van der Waals surface area contributed by atoms with Gasteiger partial charge in [-0.25, -0.2) is 0 Å². The largest absolute Gasteiger partial charge is 0.339 e. The smallest absolute Gasteiger partial charge is 0.258 e. The van der Waals surface area contributed by atoms with Gasteiger partial charge in [0.2, 0.25) is 5.91 Å². The number of rotatable bonds is 6. The lowest BCUT2D eigenvalue weighted by molar-refractivity contribution is -0.128. The summed E-state index contributed by atoms with van der Waals surface area (Å²) in [5, 5.41) is 14.0. The molecule has 3 amide bonds. The van der Waals surface area contributed by atoms with Crippen LogP contribution in [0.4, 0.5) is 5.69 Å². The summed E-state index contributed by atoms with van der Waals surface area (Å²) in [4.78, 5) is 36.1. The second-order valence-electron chi connectivity index (χ2n) is 4.74. The van der Waals surface area contributed by atoms with Crippen molar-refractivity contribution in [2.24, 2.45) is 0 Å². The van der Waals surface area contributed by atoms with Crippen LogP contribution in [0.2, 0.25) is 0 Å². The summed E-state index contributed by atoms with van der Waals surface area (Å²) in [7, 11) is 1.35. The third kappa shape index (κ3) is 5.64. The molecule has 8 heteroatoms. The molecule has 7 nitrogen and oxygen atoms in total. The van der Waals surface area contributed by atoms with E-state index in [1.807, 2.05) is 0 Å². The number of amides is 3. The highest BCUT2D eigenvalue weighted by atomic mass is 32.2. The third-order valence-electron chi connectivity index (χ3n) is 2.88. The molecule has 1 unspecified atom stereocenters. The average Bonchev–Trinajstić information content (AvgIpc) is 2.53. The van der Waals surface area contributed by atoms with Crippen molar-refractivity contribution in [1.82, 2.24) is 10.2 Å². The molecular formula is C15H18N4O3S. The molecule has 1 aromatic rings. The SMILES string of the molecule is CSCC(NC(=O)c1ccc(NC(C)=O)cc1)C(=O)N(C)C#N. The van der Waals surface area contributed by atoms with E-state index in [2.05, 4.69) is 10.6 Å². The highest BCUT2D eigenvalue weighted by molar-refractivity contribution is 7.98. The van der Waals surface area contributed by atoms with E-state index in [1.54, 1.807) is 36.7 Å². The van der Waals surface area contributed by atoms with E-state index in [1.165, 1.54) is 25.7 Å². The number of hydrogen-bond donors (Lipinski definition) is 2. The molecule has 0 saturated carbocycles. The molecule has 0 heterocycles. The number of nitrogens with one attached hydrogen (secondary N) is 2. The Morgan fingerprint density at radius 3 is 2.39 bits per heavy atom. The van der Waals surface area contributed by atoms with Gasteiger partial charge < -0.3 is 10.6 Å². The van der Waals surface area contributed by atoms with Crippen molar-refractivity contribution in [3.8, 4) is 6.19 Å². The number of nitrogens with zero attached hydrogens (tertiary/aromatic N) is 2. The molecule has 0 aliphatic rings. The van der Waals surface area contributed by atoms with Crippen molar-refractivity contribution in [3.63, 3.8) is 0 Å². The number of thioether (sulfide) groups is 1. The van der Waals surface area contributed by atoms with Crippen molar-refractivity contribution in [2.45, 2.75) is 13.0 Å². The molecular weight excluding hydrogens is 316 g/mol. The van der Waals surface area contributed by atoms with Gasteiger partial charge >= 0.3 is 0 Å². The molecule has 1 atom stereocenters. The topological polar surface area (TPSA) is 102 Å². The lowest BCUT2D eigenvalue weighted by Gasteiger charge is -2.19. The van der Waals surface area contributed by atoms with Gasteiger partial charge in [0.05, 0.1) is 0 Å². The summed E-state index contributed by atoms with van der Waals surface area (Å²) < 4.78 is 0. The minimum Gasteiger partial charge on any atom is -0.339 e. The number of benzene rings is 1. The molecule has 23 heavy (non-hydrogen) atoms. The maximum atomic E-state index is 12.2. The second kappa shape index (κ2) is 8.80. The minimum absolute atomic E-state index is 0.202. The fraction of sp³-hybridized carbons (Fsp3) is 0.333. The van der Waals surface area contributed by atoms with Crippen molar-refractivity contribution in [3.05, 3.63) is 29.8 Å².